The average Bonchev–Trinajstić information content (AvgIpc) is 2.73. The lowest BCUT2D eigenvalue weighted by molar-refractivity contribution is -0.128. The quantitative estimate of drug-likeness (QED) is 0.417. The third-order valence-corrected chi connectivity index (χ3v) is 4.69. The number of fused-ring (bicyclic) bond motifs is 1. The van der Waals surface area contributed by atoms with E-state index in [1.54, 1.807) is 37.3 Å². The van der Waals surface area contributed by atoms with E-state index in [1.807, 2.05) is 36.4 Å². The van der Waals surface area contributed by atoms with Gasteiger partial charge in [-0.25, -0.2) is 0 Å². The molecule has 8 heteroatoms. The Morgan fingerprint density at radius 3 is 2.43 bits per heavy atom. The monoisotopic (exact) mass is 441 g/mol. The molecule has 3 aromatic rings. The molecule has 0 radical (unpaired) electrons. The normalized spacial score (nSPS) is 11.4. The van der Waals surface area contributed by atoms with Crippen LogP contribution in [0.3, 0.4) is 0 Å². The Hall–Kier alpha value is -3.16. The fraction of sp³-hybridized carbons (Fsp3) is 0.136. The van der Waals surface area contributed by atoms with Crippen LogP contribution in [-0.2, 0) is 16.0 Å². The molecule has 0 aromatic heterocycles. The van der Waals surface area contributed by atoms with Crippen LogP contribution >= 0.6 is 23.8 Å². The second-order valence-electron chi connectivity index (χ2n) is 6.56. The van der Waals surface area contributed by atoms with E-state index in [4.69, 9.17) is 28.6 Å². The summed E-state index contributed by atoms with van der Waals surface area (Å²) in [7, 11) is 0. The highest BCUT2D eigenvalue weighted by Crippen LogP contribution is 2.21. The van der Waals surface area contributed by atoms with Crippen LogP contribution in [0.15, 0.2) is 66.7 Å². The van der Waals surface area contributed by atoms with Gasteiger partial charge in [0.25, 0.3) is 5.91 Å². The lowest BCUT2D eigenvalue weighted by Crippen LogP contribution is -2.51. The number of rotatable bonds is 5. The van der Waals surface area contributed by atoms with Crippen LogP contribution in [0.4, 0.5) is 0 Å². The maximum absolute atomic E-state index is 12.2. The maximum Gasteiger partial charge on any atom is 0.279 e. The van der Waals surface area contributed by atoms with E-state index in [9.17, 15) is 9.59 Å². The molecule has 1 atom stereocenters. The molecule has 0 bridgehead atoms. The van der Waals surface area contributed by atoms with E-state index in [1.165, 1.54) is 0 Å². The molecule has 0 aliphatic carbocycles. The Bertz CT molecular complexity index is 1070. The van der Waals surface area contributed by atoms with Gasteiger partial charge in [-0.15, -0.1) is 0 Å². The molecule has 1 unspecified atom stereocenters. The molecule has 6 nitrogen and oxygen atoms in total. The summed E-state index contributed by atoms with van der Waals surface area (Å²) in [6.45, 7) is 1.62. The van der Waals surface area contributed by atoms with Gasteiger partial charge < -0.3 is 10.1 Å². The van der Waals surface area contributed by atoms with Crippen molar-refractivity contribution in [2.75, 3.05) is 0 Å². The molecule has 0 fully saturated rings. The van der Waals surface area contributed by atoms with Gasteiger partial charge in [-0.2, -0.15) is 0 Å². The summed E-state index contributed by atoms with van der Waals surface area (Å²) in [4.78, 5) is 24.3. The van der Waals surface area contributed by atoms with Gasteiger partial charge in [-0.1, -0.05) is 54.1 Å². The van der Waals surface area contributed by atoms with Gasteiger partial charge in [0.15, 0.2) is 11.2 Å². The number of carbonyl (C=O) groups is 2. The minimum absolute atomic E-state index is 0.0137. The Balaban J connectivity index is 1.44. The van der Waals surface area contributed by atoms with Crippen molar-refractivity contribution in [3.8, 4) is 5.75 Å². The highest BCUT2D eigenvalue weighted by Gasteiger charge is 2.15. The fourth-order valence-electron chi connectivity index (χ4n) is 2.71. The number of halogens is 1. The maximum atomic E-state index is 12.2. The molecule has 0 spiro atoms. The van der Waals surface area contributed by atoms with Crippen LogP contribution in [0, 0.1) is 0 Å². The zero-order chi connectivity index (χ0) is 21.5. The number of nitrogens with one attached hydrogen (secondary N) is 3. The van der Waals surface area contributed by atoms with Crippen LogP contribution in [0.2, 0.25) is 5.02 Å². The number of hydrogen-bond donors (Lipinski definition) is 3. The van der Waals surface area contributed by atoms with Crippen LogP contribution in [0.25, 0.3) is 10.8 Å². The lowest BCUT2D eigenvalue weighted by atomic mass is 10.1. The molecule has 3 aromatic carbocycles. The van der Waals surface area contributed by atoms with Crippen LogP contribution in [-0.4, -0.2) is 23.0 Å². The largest absolute Gasteiger partial charge is 0.481 e. The Labute approximate surface area is 184 Å². The van der Waals surface area contributed by atoms with E-state index in [0.29, 0.717) is 10.8 Å². The summed E-state index contributed by atoms with van der Waals surface area (Å²) < 4.78 is 5.69. The van der Waals surface area contributed by atoms with Gasteiger partial charge >= 0.3 is 0 Å². The number of thiocarbonyl (C=S) groups is 1. The molecule has 3 rings (SSSR count). The van der Waals surface area contributed by atoms with E-state index in [0.717, 1.165) is 16.3 Å². The summed E-state index contributed by atoms with van der Waals surface area (Å²) in [6, 6.07) is 20.4. The smallest absolute Gasteiger partial charge is 0.279 e. The first-order chi connectivity index (χ1) is 14.4. The third kappa shape index (κ3) is 6.17. The fourth-order valence-corrected chi connectivity index (χ4v) is 3.00. The van der Waals surface area contributed by atoms with Gasteiger partial charge in [0.05, 0.1) is 6.42 Å². The van der Waals surface area contributed by atoms with E-state index in [2.05, 4.69) is 16.2 Å². The van der Waals surface area contributed by atoms with Crippen LogP contribution in [0.1, 0.15) is 12.5 Å². The minimum atomic E-state index is -0.772. The van der Waals surface area contributed by atoms with Gasteiger partial charge in [0, 0.05) is 5.02 Å². The molecule has 0 heterocycles. The van der Waals surface area contributed by atoms with Crippen molar-refractivity contribution in [3.63, 3.8) is 0 Å². The second kappa shape index (κ2) is 10.0. The number of benzene rings is 3. The highest BCUT2D eigenvalue weighted by molar-refractivity contribution is 7.80. The molecule has 30 heavy (non-hydrogen) atoms. The first kappa shape index (κ1) is 21.5. The van der Waals surface area contributed by atoms with Crippen molar-refractivity contribution in [1.29, 1.82) is 0 Å². The predicted octanol–water partition coefficient (Wildman–Crippen LogP) is 3.53. The van der Waals surface area contributed by atoms with Crippen LogP contribution in [0.5, 0.6) is 5.75 Å². The zero-order valence-electron chi connectivity index (χ0n) is 16.1. The minimum Gasteiger partial charge on any atom is -0.481 e. The molecular weight excluding hydrogens is 422 g/mol. The summed E-state index contributed by atoms with van der Waals surface area (Å²) in [5, 5.41) is 5.19. The average molecular weight is 442 g/mol. The third-order valence-electron chi connectivity index (χ3n) is 4.23. The van der Waals surface area contributed by atoms with Crippen molar-refractivity contribution in [1.82, 2.24) is 16.2 Å². The Morgan fingerprint density at radius 1 is 1.00 bits per heavy atom. The number of ether oxygens (including phenoxy) is 1. The van der Waals surface area contributed by atoms with Gasteiger partial charge in [-0.3, -0.25) is 20.4 Å². The number of hydrazine groups is 1. The molecule has 0 aliphatic rings. The zero-order valence-corrected chi connectivity index (χ0v) is 17.7. The van der Waals surface area contributed by atoms with E-state index in [-0.39, 0.29) is 17.4 Å². The number of amides is 2. The first-order valence-corrected chi connectivity index (χ1v) is 9.99. The van der Waals surface area contributed by atoms with Crippen molar-refractivity contribution in [3.05, 3.63) is 77.3 Å². The molecule has 2 amide bonds. The predicted molar refractivity (Wildman–Crippen MR) is 121 cm³/mol. The standard InChI is InChI=1S/C22H20ClN3O3S/c1-14(29-19-11-8-16-4-2-3-5-17(16)13-19)21(28)25-26-22(30)24-20(27)12-15-6-9-18(23)10-7-15/h2-11,13-14H,12H2,1H3,(H,25,28)(H2,24,26,27,30). The van der Waals surface area contributed by atoms with Crippen molar-refractivity contribution in [2.45, 2.75) is 19.4 Å². The molecule has 0 aliphatic heterocycles. The molecule has 3 N–H and O–H groups in total. The highest BCUT2D eigenvalue weighted by atomic mass is 35.5. The summed E-state index contributed by atoms with van der Waals surface area (Å²) in [5.74, 6) is -0.169. The Morgan fingerprint density at radius 2 is 1.70 bits per heavy atom. The summed E-state index contributed by atoms with van der Waals surface area (Å²) >= 11 is 10.9. The molecule has 0 saturated heterocycles. The summed E-state index contributed by atoms with van der Waals surface area (Å²) in [5.41, 5.74) is 5.73. The summed E-state index contributed by atoms with van der Waals surface area (Å²) in [6.07, 6.45) is -0.639. The van der Waals surface area contributed by atoms with E-state index >= 15 is 0 Å². The van der Waals surface area contributed by atoms with Crippen molar-refractivity contribution < 1.29 is 14.3 Å². The number of carbonyl (C=O) groups excluding carboxylic acids is 2. The van der Waals surface area contributed by atoms with Gasteiger partial charge in [0.2, 0.25) is 5.91 Å². The molecular formula is C22H20ClN3O3S. The second-order valence-corrected chi connectivity index (χ2v) is 7.41. The van der Waals surface area contributed by atoms with Gasteiger partial charge in [0.1, 0.15) is 5.75 Å². The van der Waals surface area contributed by atoms with Crippen molar-refractivity contribution in [2.24, 2.45) is 0 Å². The Kier molecular flexibility index (Phi) is 7.21. The lowest BCUT2D eigenvalue weighted by Gasteiger charge is -2.16. The first-order valence-electron chi connectivity index (χ1n) is 9.20. The number of hydrogen-bond acceptors (Lipinski definition) is 4. The van der Waals surface area contributed by atoms with Gasteiger partial charge in [-0.05, 0) is 59.7 Å². The molecule has 154 valence electrons. The van der Waals surface area contributed by atoms with Crippen LogP contribution < -0.4 is 20.9 Å². The van der Waals surface area contributed by atoms with Crippen molar-refractivity contribution >= 4 is 51.5 Å². The topological polar surface area (TPSA) is 79.5 Å². The molecule has 0 saturated carbocycles. The van der Waals surface area contributed by atoms with E-state index < -0.39 is 12.0 Å². The SMILES string of the molecule is CC(Oc1ccc2ccccc2c1)C(=O)NNC(=S)NC(=O)Cc1ccc(Cl)cc1.